The lowest BCUT2D eigenvalue weighted by Crippen LogP contribution is -2.68. The molecular weight excluding hydrogens is 524 g/mol. The van der Waals surface area contributed by atoms with Crippen LogP contribution in [0.5, 0.6) is 0 Å². The molecule has 0 radical (unpaired) electrons. The summed E-state index contributed by atoms with van der Waals surface area (Å²) in [6.07, 6.45) is -3.97. The third-order valence-corrected chi connectivity index (χ3v) is 10.1. The van der Waals surface area contributed by atoms with Crippen LogP contribution in [-0.2, 0) is 0 Å². The number of hydrogen-bond acceptors (Lipinski definition) is 5. The minimum atomic E-state index is -4.25. The van der Waals surface area contributed by atoms with Crippen molar-refractivity contribution in [3.63, 3.8) is 0 Å². The summed E-state index contributed by atoms with van der Waals surface area (Å²) in [5.41, 5.74) is 0. The third kappa shape index (κ3) is 5.88. The van der Waals surface area contributed by atoms with E-state index in [1.807, 2.05) is 28.7 Å². The Labute approximate surface area is 226 Å². The molecule has 5 fully saturated rings. The lowest BCUT2D eigenvalue weighted by Gasteiger charge is -2.45. The van der Waals surface area contributed by atoms with E-state index in [0.29, 0.717) is 38.4 Å². The molecule has 5 rings (SSSR count). The van der Waals surface area contributed by atoms with Gasteiger partial charge in [-0.05, 0) is 62.8 Å². The maximum absolute atomic E-state index is 13.8. The van der Waals surface area contributed by atoms with Crippen molar-refractivity contribution in [1.29, 1.82) is 5.41 Å². The topological polar surface area (TPSA) is 69.7 Å². The van der Waals surface area contributed by atoms with E-state index in [1.165, 1.54) is 0 Å². The summed E-state index contributed by atoms with van der Waals surface area (Å²) < 4.78 is 81.5. The molecule has 7 unspecified atom stereocenters. The number of likely N-dealkylation sites (N-methyl/N-ethyl adjacent to an activating group) is 2. The fourth-order valence-electron chi connectivity index (χ4n) is 7.93. The number of guanidine groups is 1. The second kappa shape index (κ2) is 11.2. The molecule has 2 aliphatic carbocycles. The number of rotatable bonds is 5. The molecule has 3 aliphatic heterocycles. The van der Waals surface area contributed by atoms with E-state index in [9.17, 15) is 26.3 Å². The summed E-state index contributed by atoms with van der Waals surface area (Å²) in [6, 6.07) is -1.53. The Morgan fingerprint density at radius 1 is 0.897 bits per heavy atom. The molecule has 3 saturated heterocycles. The average Bonchev–Trinajstić information content (AvgIpc) is 3.44. The molecular formula is C26H43F6N7. The van der Waals surface area contributed by atoms with E-state index >= 15 is 0 Å². The van der Waals surface area contributed by atoms with Crippen LogP contribution in [0.4, 0.5) is 26.3 Å². The predicted molar refractivity (Wildman–Crippen MR) is 136 cm³/mol. The van der Waals surface area contributed by atoms with Crippen molar-refractivity contribution in [2.24, 2.45) is 23.7 Å². The second-order valence-electron chi connectivity index (χ2n) is 12.3. The van der Waals surface area contributed by atoms with Crippen molar-refractivity contribution in [3.05, 3.63) is 0 Å². The third-order valence-electron chi connectivity index (χ3n) is 10.1. The van der Waals surface area contributed by atoms with Gasteiger partial charge in [0.1, 0.15) is 12.2 Å². The summed E-state index contributed by atoms with van der Waals surface area (Å²) in [5.74, 6) is -1.04. The molecule has 7 nitrogen and oxygen atoms in total. The number of nitrogens with zero attached hydrogens (tertiary/aromatic N) is 3. The van der Waals surface area contributed by atoms with Gasteiger partial charge in [-0.1, -0.05) is 19.8 Å². The van der Waals surface area contributed by atoms with Gasteiger partial charge in [-0.15, -0.1) is 0 Å². The van der Waals surface area contributed by atoms with Crippen molar-refractivity contribution in [2.45, 2.75) is 101 Å². The van der Waals surface area contributed by atoms with Crippen molar-refractivity contribution in [1.82, 2.24) is 30.7 Å². The van der Waals surface area contributed by atoms with Gasteiger partial charge in [0.2, 0.25) is 0 Å². The molecule has 0 amide bonds. The zero-order chi connectivity index (χ0) is 28.1. The first-order valence-corrected chi connectivity index (χ1v) is 14.6. The molecule has 13 heteroatoms. The number of halogens is 6. The molecule has 0 spiro atoms. The van der Waals surface area contributed by atoms with E-state index in [-0.39, 0.29) is 43.2 Å². The Bertz CT molecular complexity index is 861. The Hall–Kier alpha value is -1.31. The highest BCUT2D eigenvalue weighted by atomic mass is 19.4. The molecule has 4 N–H and O–H groups in total. The van der Waals surface area contributed by atoms with Crippen molar-refractivity contribution < 1.29 is 26.3 Å². The highest BCUT2D eigenvalue weighted by Gasteiger charge is 2.53. The first kappa shape index (κ1) is 29.2. The van der Waals surface area contributed by atoms with Gasteiger partial charge in [-0.2, -0.15) is 26.3 Å². The molecule has 39 heavy (non-hydrogen) atoms. The Morgan fingerprint density at radius 2 is 1.59 bits per heavy atom. The quantitative estimate of drug-likeness (QED) is 0.380. The van der Waals surface area contributed by atoms with Crippen LogP contribution in [0.25, 0.3) is 0 Å². The van der Waals surface area contributed by atoms with Gasteiger partial charge in [-0.3, -0.25) is 26.3 Å². The monoisotopic (exact) mass is 567 g/mol. The van der Waals surface area contributed by atoms with Gasteiger partial charge in [0.25, 0.3) is 0 Å². The normalized spacial score (nSPS) is 40.8. The van der Waals surface area contributed by atoms with Crippen LogP contribution in [0.1, 0.15) is 58.3 Å². The molecule has 7 atom stereocenters. The lowest BCUT2D eigenvalue weighted by atomic mass is 9.76. The summed E-state index contributed by atoms with van der Waals surface area (Å²) in [7, 11) is 1.86. The molecule has 0 aromatic rings. The summed E-state index contributed by atoms with van der Waals surface area (Å²) in [6.45, 7) is 3.61. The van der Waals surface area contributed by atoms with E-state index in [0.717, 1.165) is 32.1 Å². The first-order chi connectivity index (χ1) is 18.4. The Balaban J connectivity index is 1.20. The summed E-state index contributed by atoms with van der Waals surface area (Å²) >= 11 is 0. The van der Waals surface area contributed by atoms with Crippen LogP contribution >= 0.6 is 0 Å². The highest BCUT2D eigenvalue weighted by Crippen LogP contribution is 2.43. The van der Waals surface area contributed by atoms with Gasteiger partial charge in [-0.25, -0.2) is 0 Å². The fourth-order valence-corrected chi connectivity index (χ4v) is 7.93. The number of nitrogens with one attached hydrogen (secondary N) is 4. The lowest BCUT2D eigenvalue weighted by molar-refractivity contribution is -0.201. The Morgan fingerprint density at radius 3 is 2.23 bits per heavy atom. The van der Waals surface area contributed by atoms with E-state index in [2.05, 4.69) is 16.0 Å². The molecule has 0 aromatic heterocycles. The van der Waals surface area contributed by atoms with Crippen LogP contribution in [0.3, 0.4) is 0 Å². The molecule has 0 bridgehead atoms. The van der Waals surface area contributed by atoms with E-state index < -0.39 is 36.4 Å². The molecule has 2 saturated carbocycles. The standard InChI is InChI=1S/C26H43F6N7/c1-3-38-14-20(26(30,31)32)35-22(38)16-10-8-15(9-11-16)13-39-23-19(37(2)24(39)33)12-34-21(36-23)17-6-4-5-7-18(17)25(27,28)29/h15-23,33-36H,3-14H2,1-2H3. The number of alkyl halides is 6. The van der Waals surface area contributed by atoms with Gasteiger partial charge in [0.15, 0.2) is 5.96 Å². The maximum Gasteiger partial charge on any atom is 0.405 e. The second-order valence-corrected chi connectivity index (χ2v) is 12.3. The number of fused-ring (bicyclic) bond motifs is 1. The van der Waals surface area contributed by atoms with Gasteiger partial charge in [0.05, 0.1) is 24.3 Å². The van der Waals surface area contributed by atoms with Crippen LogP contribution in [0.15, 0.2) is 0 Å². The van der Waals surface area contributed by atoms with Gasteiger partial charge < -0.3 is 9.80 Å². The number of hydrogen-bond donors (Lipinski definition) is 4. The van der Waals surface area contributed by atoms with Crippen LogP contribution in [0.2, 0.25) is 0 Å². The first-order valence-electron chi connectivity index (χ1n) is 14.6. The average molecular weight is 568 g/mol. The smallest absolute Gasteiger partial charge is 0.338 e. The summed E-state index contributed by atoms with van der Waals surface area (Å²) in [5, 5.41) is 18.4. The SMILES string of the molecule is CCN1CC(C(F)(F)F)NC1C1CCC(CN2C(=N)N(C)C3CNC(C4CCCCC4C(F)(F)F)NC32)CC1. The Kier molecular flexibility index (Phi) is 8.36. The van der Waals surface area contributed by atoms with E-state index in [4.69, 9.17) is 5.41 Å². The molecule has 224 valence electrons. The van der Waals surface area contributed by atoms with E-state index in [1.54, 1.807) is 0 Å². The molecule has 5 aliphatic rings. The highest BCUT2D eigenvalue weighted by molar-refractivity contribution is 5.80. The molecule has 0 aromatic carbocycles. The van der Waals surface area contributed by atoms with Crippen molar-refractivity contribution in [3.8, 4) is 0 Å². The van der Waals surface area contributed by atoms with Crippen LogP contribution in [-0.4, -0.2) is 96.8 Å². The molecule has 3 heterocycles. The predicted octanol–water partition coefficient (Wildman–Crippen LogP) is 3.74. The summed E-state index contributed by atoms with van der Waals surface area (Å²) in [4.78, 5) is 5.81. The van der Waals surface area contributed by atoms with Crippen molar-refractivity contribution in [2.75, 3.05) is 33.2 Å². The zero-order valence-electron chi connectivity index (χ0n) is 22.8. The zero-order valence-corrected chi connectivity index (χ0v) is 22.8. The maximum atomic E-state index is 13.8. The fraction of sp³-hybridized carbons (Fsp3) is 0.962. The largest absolute Gasteiger partial charge is 0.405 e. The minimum absolute atomic E-state index is 0.0119. The van der Waals surface area contributed by atoms with Crippen LogP contribution in [0, 0.1) is 29.1 Å². The van der Waals surface area contributed by atoms with Crippen molar-refractivity contribution >= 4 is 5.96 Å². The minimum Gasteiger partial charge on any atom is -0.338 e. The van der Waals surface area contributed by atoms with Gasteiger partial charge in [0, 0.05) is 26.7 Å². The van der Waals surface area contributed by atoms with Gasteiger partial charge >= 0.3 is 12.4 Å². The van der Waals surface area contributed by atoms with Crippen LogP contribution < -0.4 is 16.0 Å².